The van der Waals surface area contributed by atoms with Gasteiger partial charge in [-0.3, -0.25) is 4.79 Å². The van der Waals surface area contributed by atoms with E-state index in [1.165, 1.54) is 43.5 Å². The monoisotopic (exact) mass is 372 g/mol. The van der Waals surface area contributed by atoms with Crippen LogP contribution in [-0.2, 0) is 14.3 Å². The lowest BCUT2D eigenvalue weighted by Crippen LogP contribution is -2.18. The number of esters is 1. The first kappa shape index (κ1) is 18.1. The number of fused-ring (bicyclic) bond motifs is 1. The van der Waals surface area contributed by atoms with E-state index in [0.29, 0.717) is 11.1 Å². The average Bonchev–Trinajstić information content (AvgIpc) is 3.05. The van der Waals surface area contributed by atoms with Gasteiger partial charge in [-0.25, -0.2) is 4.79 Å². The highest BCUT2D eigenvalue weighted by atomic mass is 16.5. The van der Waals surface area contributed by atoms with Crippen LogP contribution >= 0.6 is 0 Å². The zero-order valence-corrected chi connectivity index (χ0v) is 14.1. The fraction of sp³-hybridized carbons (Fsp3) is 0.158. The lowest BCUT2D eigenvalue weighted by molar-refractivity contribution is -0.140. The van der Waals surface area contributed by atoms with Gasteiger partial charge in [-0.15, -0.1) is 0 Å². The van der Waals surface area contributed by atoms with Crippen LogP contribution in [0.1, 0.15) is 28.7 Å². The molecule has 2 atom stereocenters. The molecule has 0 radical (unpaired) electrons. The molecular formula is C19H16O8. The standard InChI is InChI=1S/C19H16O8/c1-26-14(23)7-4-9-2-6-12(21)18-15(9)16(19(24)25)17(27-18)10-3-5-11(20)13(22)8-10/h2-8,16-17,20-22H,1H3,(H,24,25)/b7-4+. The van der Waals surface area contributed by atoms with Crippen molar-refractivity contribution in [1.82, 2.24) is 0 Å². The smallest absolute Gasteiger partial charge is 0.330 e. The summed E-state index contributed by atoms with van der Waals surface area (Å²) in [6, 6.07) is 6.62. The molecule has 0 spiro atoms. The molecule has 8 heteroatoms. The van der Waals surface area contributed by atoms with Gasteiger partial charge in [0, 0.05) is 11.6 Å². The summed E-state index contributed by atoms with van der Waals surface area (Å²) in [4.78, 5) is 23.3. The van der Waals surface area contributed by atoms with Gasteiger partial charge in [-0.1, -0.05) is 12.1 Å². The highest BCUT2D eigenvalue weighted by Crippen LogP contribution is 2.52. The quantitative estimate of drug-likeness (QED) is 0.365. The molecule has 0 aromatic heterocycles. The summed E-state index contributed by atoms with van der Waals surface area (Å²) in [6.45, 7) is 0. The Bertz CT molecular complexity index is 947. The molecule has 0 amide bonds. The van der Waals surface area contributed by atoms with Crippen LogP contribution in [0.15, 0.2) is 36.4 Å². The Morgan fingerprint density at radius 2 is 1.78 bits per heavy atom. The summed E-state index contributed by atoms with van der Waals surface area (Å²) in [6.07, 6.45) is 1.45. The number of ether oxygens (including phenoxy) is 2. The maximum absolute atomic E-state index is 12.0. The van der Waals surface area contributed by atoms with Crippen molar-refractivity contribution in [2.45, 2.75) is 12.0 Å². The molecule has 4 N–H and O–H groups in total. The van der Waals surface area contributed by atoms with E-state index in [0.717, 1.165) is 6.08 Å². The number of hydrogen-bond donors (Lipinski definition) is 4. The first-order valence-electron chi connectivity index (χ1n) is 7.86. The van der Waals surface area contributed by atoms with Crippen molar-refractivity contribution < 1.29 is 39.5 Å². The molecule has 1 heterocycles. The maximum atomic E-state index is 12.0. The van der Waals surface area contributed by atoms with Crippen molar-refractivity contribution in [1.29, 1.82) is 0 Å². The molecule has 1 aliphatic heterocycles. The number of hydrogen-bond acceptors (Lipinski definition) is 7. The van der Waals surface area contributed by atoms with Crippen LogP contribution in [0.5, 0.6) is 23.0 Å². The Morgan fingerprint density at radius 3 is 2.41 bits per heavy atom. The molecule has 0 aliphatic carbocycles. The summed E-state index contributed by atoms with van der Waals surface area (Å²) < 4.78 is 10.2. The Hall–Kier alpha value is -3.68. The summed E-state index contributed by atoms with van der Waals surface area (Å²) in [5.41, 5.74) is 0.863. The third-order valence-corrected chi connectivity index (χ3v) is 4.26. The molecule has 0 bridgehead atoms. The molecule has 0 fully saturated rings. The van der Waals surface area contributed by atoms with E-state index in [1.807, 2.05) is 0 Å². The van der Waals surface area contributed by atoms with Crippen LogP contribution in [0.3, 0.4) is 0 Å². The molecule has 8 nitrogen and oxygen atoms in total. The molecule has 1 aliphatic rings. The molecule has 2 unspecified atom stereocenters. The lowest BCUT2D eigenvalue weighted by Gasteiger charge is -2.17. The van der Waals surface area contributed by atoms with Crippen molar-refractivity contribution in [2.75, 3.05) is 7.11 Å². The minimum atomic E-state index is -1.22. The first-order chi connectivity index (χ1) is 12.8. The zero-order valence-electron chi connectivity index (χ0n) is 14.1. The minimum Gasteiger partial charge on any atom is -0.504 e. The Labute approximate surface area is 153 Å². The van der Waals surface area contributed by atoms with Crippen LogP contribution in [0, 0.1) is 0 Å². The molecule has 3 rings (SSSR count). The highest BCUT2D eigenvalue weighted by molar-refractivity contribution is 5.89. The van der Waals surface area contributed by atoms with Crippen molar-refractivity contribution in [3.63, 3.8) is 0 Å². The van der Waals surface area contributed by atoms with Gasteiger partial charge >= 0.3 is 11.9 Å². The fourth-order valence-corrected chi connectivity index (χ4v) is 3.00. The zero-order chi connectivity index (χ0) is 19.7. The van der Waals surface area contributed by atoms with Gasteiger partial charge in [0.15, 0.2) is 23.0 Å². The Balaban J connectivity index is 2.12. The van der Waals surface area contributed by atoms with Gasteiger partial charge in [-0.2, -0.15) is 0 Å². The second-order valence-electron chi connectivity index (χ2n) is 5.88. The number of methoxy groups -OCH3 is 1. The number of carbonyl (C=O) groups is 2. The summed E-state index contributed by atoms with van der Waals surface area (Å²) >= 11 is 0. The summed E-state index contributed by atoms with van der Waals surface area (Å²) in [7, 11) is 1.21. The van der Waals surface area contributed by atoms with Crippen LogP contribution in [0.25, 0.3) is 6.08 Å². The van der Waals surface area contributed by atoms with E-state index >= 15 is 0 Å². The predicted molar refractivity (Wildman–Crippen MR) is 92.7 cm³/mol. The number of rotatable bonds is 4. The van der Waals surface area contributed by atoms with Crippen molar-refractivity contribution in [2.24, 2.45) is 0 Å². The third-order valence-electron chi connectivity index (χ3n) is 4.26. The average molecular weight is 372 g/mol. The van der Waals surface area contributed by atoms with E-state index < -0.39 is 29.7 Å². The largest absolute Gasteiger partial charge is 0.504 e. The normalized spacial score (nSPS) is 18.1. The Kier molecular flexibility index (Phi) is 4.64. The lowest BCUT2D eigenvalue weighted by atomic mass is 9.88. The van der Waals surface area contributed by atoms with Gasteiger partial charge in [0.2, 0.25) is 0 Å². The molecule has 27 heavy (non-hydrogen) atoms. The maximum Gasteiger partial charge on any atom is 0.330 e. The summed E-state index contributed by atoms with van der Waals surface area (Å²) in [5.74, 6) is -4.11. The van der Waals surface area contributed by atoms with Crippen LogP contribution < -0.4 is 4.74 Å². The second kappa shape index (κ2) is 6.91. The summed E-state index contributed by atoms with van der Waals surface area (Å²) in [5, 5.41) is 39.1. The number of aromatic hydroxyl groups is 3. The van der Waals surface area contributed by atoms with E-state index in [1.54, 1.807) is 0 Å². The number of benzene rings is 2. The number of carboxylic acid groups (broad SMARTS) is 1. The van der Waals surface area contributed by atoms with Crippen LogP contribution in [0.2, 0.25) is 0 Å². The van der Waals surface area contributed by atoms with Gasteiger partial charge in [0.25, 0.3) is 0 Å². The van der Waals surface area contributed by atoms with Gasteiger partial charge < -0.3 is 29.9 Å². The SMILES string of the molecule is COC(=O)/C=C/c1ccc(O)c2c1C(C(=O)O)C(c1ccc(O)c(O)c1)O2. The molecule has 0 saturated carbocycles. The first-order valence-corrected chi connectivity index (χ1v) is 7.86. The second-order valence-corrected chi connectivity index (χ2v) is 5.88. The van der Waals surface area contributed by atoms with Crippen LogP contribution in [-0.4, -0.2) is 39.5 Å². The van der Waals surface area contributed by atoms with Crippen molar-refractivity contribution in [3.8, 4) is 23.0 Å². The number of phenolic OH excluding ortho intramolecular Hbond substituents is 3. The molecule has 2 aromatic rings. The fourth-order valence-electron chi connectivity index (χ4n) is 3.00. The molecular weight excluding hydrogens is 356 g/mol. The molecule has 140 valence electrons. The van der Waals surface area contributed by atoms with Crippen molar-refractivity contribution in [3.05, 3.63) is 53.1 Å². The third kappa shape index (κ3) is 3.24. The van der Waals surface area contributed by atoms with E-state index in [2.05, 4.69) is 4.74 Å². The van der Waals surface area contributed by atoms with E-state index in [4.69, 9.17) is 4.74 Å². The van der Waals surface area contributed by atoms with Crippen molar-refractivity contribution >= 4 is 18.0 Å². The number of aliphatic carboxylic acids is 1. The highest BCUT2D eigenvalue weighted by Gasteiger charge is 2.43. The predicted octanol–water partition coefficient (Wildman–Crippen LogP) is 2.29. The number of phenols is 3. The topological polar surface area (TPSA) is 134 Å². The number of carboxylic acids is 1. The molecule has 2 aromatic carbocycles. The van der Waals surface area contributed by atoms with Gasteiger partial charge in [0.05, 0.1) is 7.11 Å². The minimum absolute atomic E-state index is 0.0213. The van der Waals surface area contributed by atoms with E-state index in [-0.39, 0.29) is 22.8 Å². The number of carbonyl (C=O) groups excluding carboxylic acids is 1. The van der Waals surface area contributed by atoms with Gasteiger partial charge in [-0.05, 0) is 35.4 Å². The molecule has 0 saturated heterocycles. The van der Waals surface area contributed by atoms with E-state index in [9.17, 15) is 30.0 Å². The Morgan fingerprint density at radius 1 is 1.07 bits per heavy atom. The van der Waals surface area contributed by atoms with Gasteiger partial charge in [0.1, 0.15) is 12.0 Å². The van der Waals surface area contributed by atoms with Crippen LogP contribution in [0.4, 0.5) is 0 Å².